The molecule has 2 rings (SSSR count). The highest BCUT2D eigenvalue weighted by Crippen LogP contribution is 2.27. The Morgan fingerprint density at radius 1 is 1.21 bits per heavy atom. The zero-order valence-electron chi connectivity index (χ0n) is 13.7. The van der Waals surface area contributed by atoms with Gasteiger partial charge in [0.15, 0.2) is 5.96 Å². The van der Waals surface area contributed by atoms with Crippen LogP contribution in [0.4, 0.5) is 13.2 Å². The highest BCUT2D eigenvalue weighted by atomic mass is 127. The molecule has 138 valence electrons. The van der Waals surface area contributed by atoms with Crippen molar-refractivity contribution in [1.29, 1.82) is 0 Å². The third-order valence-electron chi connectivity index (χ3n) is 3.67. The SMILES string of the molecule is CN=C(NCCCc1nc2c(s1)CCCC2)NCCC(F)(F)F.I. The number of aromatic nitrogens is 1. The van der Waals surface area contributed by atoms with Crippen LogP contribution < -0.4 is 10.6 Å². The smallest absolute Gasteiger partial charge is 0.356 e. The first-order valence-electron chi connectivity index (χ1n) is 7.96. The summed E-state index contributed by atoms with van der Waals surface area (Å²) < 4.78 is 36.3. The van der Waals surface area contributed by atoms with Crippen molar-refractivity contribution in [3.8, 4) is 0 Å². The highest BCUT2D eigenvalue weighted by molar-refractivity contribution is 14.0. The Balaban J connectivity index is 0.00000288. The Morgan fingerprint density at radius 2 is 1.92 bits per heavy atom. The summed E-state index contributed by atoms with van der Waals surface area (Å²) in [4.78, 5) is 10.0. The molecule has 1 aliphatic carbocycles. The average molecular weight is 476 g/mol. The number of fused-ring (bicyclic) bond motifs is 1. The maximum Gasteiger partial charge on any atom is 0.390 e. The second-order valence-electron chi connectivity index (χ2n) is 5.58. The summed E-state index contributed by atoms with van der Waals surface area (Å²) in [6.45, 7) is 0.498. The number of rotatable bonds is 6. The summed E-state index contributed by atoms with van der Waals surface area (Å²) in [6, 6.07) is 0. The predicted molar refractivity (Wildman–Crippen MR) is 103 cm³/mol. The normalized spacial score (nSPS) is 14.8. The lowest BCUT2D eigenvalue weighted by Gasteiger charge is -2.12. The summed E-state index contributed by atoms with van der Waals surface area (Å²) in [6.07, 6.45) is 1.51. The molecule has 0 saturated carbocycles. The molecule has 1 aliphatic rings. The molecule has 0 saturated heterocycles. The lowest BCUT2D eigenvalue weighted by atomic mass is 10.0. The fourth-order valence-corrected chi connectivity index (χ4v) is 3.70. The molecule has 0 radical (unpaired) electrons. The van der Waals surface area contributed by atoms with Gasteiger partial charge in [0.05, 0.1) is 17.1 Å². The Kier molecular flexibility index (Phi) is 9.32. The number of hydrogen-bond donors (Lipinski definition) is 2. The minimum Gasteiger partial charge on any atom is -0.356 e. The van der Waals surface area contributed by atoms with E-state index in [2.05, 4.69) is 20.6 Å². The molecule has 0 bridgehead atoms. The fourth-order valence-electron chi connectivity index (χ4n) is 2.50. The molecule has 2 N–H and O–H groups in total. The van der Waals surface area contributed by atoms with Crippen LogP contribution in [0.5, 0.6) is 0 Å². The fraction of sp³-hybridized carbons (Fsp3) is 0.733. The van der Waals surface area contributed by atoms with E-state index in [-0.39, 0.29) is 30.5 Å². The molecule has 0 aliphatic heterocycles. The van der Waals surface area contributed by atoms with Crippen LogP contribution in [-0.4, -0.2) is 37.3 Å². The molecule has 0 atom stereocenters. The molecular weight excluding hydrogens is 452 g/mol. The van der Waals surface area contributed by atoms with Crippen LogP contribution in [0, 0.1) is 0 Å². The molecule has 24 heavy (non-hydrogen) atoms. The van der Waals surface area contributed by atoms with Crippen molar-refractivity contribution in [3.63, 3.8) is 0 Å². The molecule has 0 fully saturated rings. The second kappa shape index (κ2) is 10.4. The van der Waals surface area contributed by atoms with E-state index in [1.54, 1.807) is 18.4 Å². The Morgan fingerprint density at radius 3 is 2.58 bits per heavy atom. The van der Waals surface area contributed by atoms with Crippen LogP contribution >= 0.6 is 35.3 Å². The summed E-state index contributed by atoms with van der Waals surface area (Å²) in [7, 11) is 1.55. The lowest BCUT2D eigenvalue weighted by molar-refractivity contribution is -0.132. The van der Waals surface area contributed by atoms with Crippen LogP contribution in [0.2, 0.25) is 0 Å². The van der Waals surface area contributed by atoms with Crippen molar-refractivity contribution in [1.82, 2.24) is 15.6 Å². The first-order chi connectivity index (χ1) is 11.0. The first kappa shape index (κ1) is 21.5. The number of nitrogens with one attached hydrogen (secondary N) is 2. The topological polar surface area (TPSA) is 49.3 Å². The number of aryl methyl sites for hydroxylation is 3. The van der Waals surface area contributed by atoms with Gasteiger partial charge in [0, 0.05) is 31.4 Å². The van der Waals surface area contributed by atoms with Gasteiger partial charge in [-0.25, -0.2) is 4.98 Å². The predicted octanol–water partition coefficient (Wildman–Crippen LogP) is 3.69. The molecule has 4 nitrogen and oxygen atoms in total. The van der Waals surface area contributed by atoms with E-state index in [0.29, 0.717) is 12.5 Å². The zero-order valence-corrected chi connectivity index (χ0v) is 16.9. The standard InChI is InChI=1S/C15H23F3N4S.HI/c1-19-14(21-10-8-15(16,17)18)20-9-4-7-13-22-11-5-2-3-6-12(11)23-13;/h2-10H2,1H3,(H2,19,20,21);1H. The number of hydrogen-bond acceptors (Lipinski definition) is 3. The van der Waals surface area contributed by atoms with Crippen LogP contribution in [-0.2, 0) is 19.3 Å². The van der Waals surface area contributed by atoms with Gasteiger partial charge < -0.3 is 10.6 Å². The summed E-state index contributed by atoms with van der Waals surface area (Å²) >= 11 is 1.81. The number of alkyl halides is 3. The van der Waals surface area contributed by atoms with Crippen molar-refractivity contribution in [2.24, 2.45) is 4.99 Å². The first-order valence-corrected chi connectivity index (χ1v) is 8.78. The van der Waals surface area contributed by atoms with Gasteiger partial charge in [-0.15, -0.1) is 35.3 Å². The molecule has 0 spiro atoms. The van der Waals surface area contributed by atoms with Crippen molar-refractivity contribution < 1.29 is 13.2 Å². The van der Waals surface area contributed by atoms with E-state index < -0.39 is 12.6 Å². The molecule has 1 aromatic rings. The van der Waals surface area contributed by atoms with Gasteiger partial charge in [0.1, 0.15) is 0 Å². The minimum absolute atomic E-state index is 0. The average Bonchev–Trinajstić information content (AvgIpc) is 2.91. The molecule has 0 amide bonds. The van der Waals surface area contributed by atoms with Gasteiger partial charge in [0.25, 0.3) is 0 Å². The summed E-state index contributed by atoms with van der Waals surface area (Å²) in [5.41, 5.74) is 1.27. The van der Waals surface area contributed by atoms with E-state index in [9.17, 15) is 13.2 Å². The number of guanidine groups is 1. The monoisotopic (exact) mass is 476 g/mol. The van der Waals surface area contributed by atoms with E-state index in [4.69, 9.17) is 0 Å². The molecule has 1 aromatic heterocycles. The number of aliphatic imine (C=N–C) groups is 1. The maximum absolute atomic E-state index is 12.1. The zero-order chi connectivity index (χ0) is 16.7. The Hall–Kier alpha value is -0.580. The van der Waals surface area contributed by atoms with Crippen LogP contribution in [0.25, 0.3) is 0 Å². The molecule has 0 unspecified atom stereocenters. The Bertz CT molecular complexity index is 508. The largest absolute Gasteiger partial charge is 0.390 e. The summed E-state index contributed by atoms with van der Waals surface area (Å²) in [5.74, 6) is 0.410. The quantitative estimate of drug-likeness (QED) is 0.285. The third-order valence-corrected chi connectivity index (χ3v) is 4.89. The van der Waals surface area contributed by atoms with E-state index in [0.717, 1.165) is 25.7 Å². The van der Waals surface area contributed by atoms with Crippen molar-refractivity contribution in [2.45, 2.75) is 51.1 Å². The van der Waals surface area contributed by atoms with Gasteiger partial charge in [-0.2, -0.15) is 13.2 Å². The number of nitrogens with zero attached hydrogens (tertiary/aromatic N) is 2. The second-order valence-corrected chi connectivity index (χ2v) is 6.75. The van der Waals surface area contributed by atoms with Gasteiger partial charge in [0.2, 0.25) is 0 Å². The molecular formula is C15H24F3IN4S. The van der Waals surface area contributed by atoms with Crippen LogP contribution in [0.3, 0.4) is 0 Å². The minimum atomic E-state index is -4.14. The molecule has 1 heterocycles. The van der Waals surface area contributed by atoms with Crippen molar-refractivity contribution in [2.75, 3.05) is 20.1 Å². The number of halogens is 4. The lowest BCUT2D eigenvalue weighted by Crippen LogP contribution is -2.39. The third kappa shape index (κ3) is 7.54. The Labute approximate surface area is 161 Å². The van der Waals surface area contributed by atoms with Crippen LogP contribution in [0.15, 0.2) is 4.99 Å². The molecule has 9 heteroatoms. The van der Waals surface area contributed by atoms with E-state index >= 15 is 0 Å². The van der Waals surface area contributed by atoms with Crippen molar-refractivity contribution >= 4 is 41.3 Å². The maximum atomic E-state index is 12.1. The summed E-state index contributed by atoms with van der Waals surface area (Å²) in [5, 5.41) is 6.87. The highest BCUT2D eigenvalue weighted by Gasteiger charge is 2.26. The van der Waals surface area contributed by atoms with E-state index in [1.165, 1.54) is 28.4 Å². The van der Waals surface area contributed by atoms with Gasteiger partial charge >= 0.3 is 6.18 Å². The van der Waals surface area contributed by atoms with Gasteiger partial charge in [-0.05, 0) is 32.1 Å². The van der Waals surface area contributed by atoms with E-state index in [1.807, 2.05) is 0 Å². The van der Waals surface area contributed by atoms with Gasteiger partial charge in [-0.3, -0.25) is 4.99 Å². The number of thiazole rings is 1. The van der Waals surface area contributed by atoms with Crippen molar-refractivity contribution in [3.05, 3.63) is 15.6 Å². The molecule has 0 aromatic carbocycles. The van der Waals surface area contributed by atoms with Gasteiger partial charge in [-0.1, -0.05) is 0 Å². The van der Waals surface area contributed by atoms with Crippen LogP contribution in [0.1, 0.15) is 41.3 Å².